The lowest BCUT2D eigenvalue weighted by Crippen LogP contribution is -2.33. The van der Waals surface area contributed by atoms with Crippen molar-refractivity contribution in [1.82, 2.24) is 9.78 Å². The van der Waals surface area contributed by atoms with Crippen LogP contribution in [0.25, 0.3) is 5.69 Å². The maximum atomic E-state index is 13.4. The summed E-state index contributed by atoms with van der Waals surface area (Å²) >= 11 is 0. The zero-order valence-corrected chi connectivity index (χ0v) is 24.8. The minimum Gasteiger partial charge on any atom is -0.481 e. The molecular weight excluding hydrogens is 528 g/mol. The summed E-state index contributed by atoms with van der Waals surface area (Å²) in [5.41, 5.74) is 2.46. The van der Waals surface area contributed by atoms with Crippen molar-refractivity contribution in [3.63, 3.8) is 0 Å². The highest BCUT2D eigenvalue weighted by Crippen LogP contribution is 2.28. The standard InChI is InChI=1S/C34H40N4O4/c1-5-7-9-17-29(42-28-20-18-25(19-21-28)34(3,4)6-2)33(41)35-26-14-12-13-24(22-26)32(40)36-30-23-31(39)38(37-30)27-15-10-8-11-16-27/h8,10-16,18-23,29,37H,5-7,9,17H2,1-4H3,(H,35,41)(H,36,40)/t29-/m0/s1. The van der Waals surface area contributed by atoms with Crippen LogP contribution in [0.1, 0.15) is 75.7 Å². The molecule has 8 heteroatoms. The second kappa shape index (κ2) is 13.9. The van der Waals surface area contributed by atoms with Crippen molar-refractivity contribution in [2.24, 2.45) is 0 Å². The lowest BCUT2D eigenvalue weighted by Gasteiger charge is -2.24. The molecule has 8 nitrogen and oxygen atoms in total. The average molecular weight is 569 g/mol. The van der Waals surface area contributed by atoms with Crippen LogP contribution < -0.4 is 20.9 Å². The summed E-state index contributed by atoms with van der Waals surface area (Å²) in [5.74, 6) is 0.220. The summed E-state index contributed by atoms with van der Waals surface area (Å²) in [6.45, 7) is 8.70. The van der Waals surface area contributed by atoms with Crippen LogP contribution in [0.3, 0.4) is 0 Å². The zero-order valence-electron chi connectivity index (χ0n) is 24.8. The Morgan fingerprint density at radius 2 is 1.64 bits per heavy atom. The summed E-state index contributed by atoms with van der Waals surface area (Å²) in [6.07, 6.45) is 3.81. The molecule has 42 heavy (non-hydrogen) atoms. The van der Waals surface area contributed by atoms with Gasteiger partial charge < -0.3 is 15.4 Å². The third kappa shape index (κ3) is 7.78. The number of anilines is 2. The number of hydrogen-bond acceptors (Lipinski definition) is 4. The molecule has 220 valence electrons. The van der Waals surface area contributed by atoms with E-state index in [4.69, 9.17) is 4.74 Å². The first kappa shape index (κ1) is 30.4. The molecule has 0 spiro atoms. The van der Waals surface area contributed by atoms with E-state index in [1.54, 1.807) is 36.4 Å². The van der Waals surface area contributed by atoms with E-state index in [0.29, 0.717) is 29.1 Å². The van der Waals surface area contributed by atoms with Crippen molar-refractivity contribution in [2.45, 2.75) is 71.3 Å². The Kier molecular flexibility index (Phi) is 10.0. The fourth-order valence-corrected chi connectivity index (χ4v) is 4.56. The third-order valence-corrected chi connectivity index (χ3v) is 7.54. The first-order chi connectivity index (χ1) is 20.2. The van der Waals surface area contributed by atoms with Crippen LogP contribution in [0.2, 0.25) is 0 Å². The number of para-hydroxylation sites is 1. The van der Waals surface area contributed by atoms with Gasteiger partial charge in [-0.25, -0.2) is 4.68 Å². The minimum absolute atomic E-state index is 0.0644. The first-order valence-corrected chi connectivity index (χ1v) is 14.6. The van der Waals surface area contributed by atoms with Crippen LogP contribution in [-0.4, -0.2) is 27.7 Å². The molecule has 0 aliphatic rings. The number of carbonyl (C=O) groups excluding carboxylic acids is 2. The van der Waals surface area contributed by atoms with E-state index in [2.05, 4.69) is 55.6 Å². The highest BCUT2D eigenvalue weighted by molar-refractivity contribution is 6.05. The summed E-state index contributed by atoms with van der Waals surface area (Å²) in [6, 6.07) is 25.0. The molecule has 1 aromatic heterocycles. The summed E-state index contributed by atoms with van der Waals surface area (Å²) in [5, 5.41) is 8.56. The van der Waals surface area contributed by atoms with E-state index in [-0.39, 0.29) is 22.7 Å². The lowest BCUT2D eigenvalue weighted by atomic mass is 9.82. The Labute approximate surface area is 247 Å². The van der Waals surface area contributed by atoms with Gasteiger partial charge in [-0.05, 0) is 72.7 Å². The van der Waals surface area contributed by atoms with Gasteiger partial charge in [0.15, 0.2) is 6.10 Å². The predicted molar refractivity (Wildman–Crippen MR) is 168 cm³/mol. The number of hydrogen-bond donors (Lipinski definition) is 3. The first-order valence-electron chi connectivity index (χ1n) is 14.6. The number of carbonyl (C=O) groups is 2. The fourth-order valence-electron chi connectivity index (χ4n) is 4.56. The van der Waals surface area contributed by atoms with E-state index >= 15 is 0 Å². The van der Waals surface area contributed by atoms with Crippen molar-refractivity contribution in [1.29, 1.82) is 0 Å². The molecule has 0 bridgehead atoms. The molecule has 4 rings (SSSR count). The number of unbranched alkanes of at least 4 members (excludes halogenated alkanes) is 2. The van der Waals surface area contributed by atoms with Gasteiger partial charge in [-0.1, -0.05) is 76.9 Å². The average Bonchev–Trinajstić information content (AvgIpc) is 3.37. The molecule has 0 radical (unpaired) electrons. The Morgan fingerprint density at radius 1 is 0.905 bits per heavy atom. The second-order valence-corrected chi connectivity index (χ2v) is 11.1. The number of nitrogens with one attached hydrogen (secondary N) is 3. The Morgan fingerprint density at radius 3 is 2.33 bits per heavy atom. The van der Waals surface area contributed by atoms with Gasteiger partial charge in [0.05, 0.1) is 5.69 Å². The Balaban J connectivity index is 1.44. The number of rotatable bonds is 13. The molecular formula is C34H40N4O4. The number of aromatic amines is 1. The summed E-state index contributed by atoms with van der Waals surface area (Å²) in [4.78, 5) is 38.8. The van der Waals surface area contributed by atoms with Crippen LogP contribution in [0.5, 0.6) is 5.75 Å². The molecule has 0 aliphatic carbocycles. The lowest BCUT2D eigenvalue weighted by molar-refractivity contribution is -0.123. The maximum absolute atomic E-state index is 13.4. The quantitative estimate of drug-likeness (QED) is 0.150. The van der Waals surface area contributed by atoms with Crippen LogP contribution in [0, 0.1) is 0 Å². The second-order valence-electron chi connectivity index (χ2n) is 11.1. The monoisotopic (exact) mass is 568 g/mol. The van der Waals surface area contributed by atoms with Crippen LogP contribution >= 0.6 is 0 Å². The smallest absolute Gasteiger partial charge is 0.273 e. The van der Waals surface area contributed by atoms with Crippen LogP contribution in [-0.2, 0) is 10.2 Å². The molecule has 0 unspecified atom stereocenters. The van der Waals surface area contributed by atoms with Crippen molar-refractivity contribution >= 4 is 23.3 Å². The SMILES string of the molecule is CCCCC[C@H](Oc1ccc(C(C)(C)CC)cc1)C(=O)Nc1cccc(C(=O)Nc2cc(=O)n(-c3ccccc3)[nH]2)c1. The largest absolute Gasteiger partial charge is 0.481 e. The highest BCUT2D eigenvalue weighted by Gasteiger charge is 2.22. The molecule has 0 aliphatic heterocycles. The summed E-state index contributed by atoms with van der Waals surface area (Å²) in [7, 11) is 0. The highest BCUT2D eigenvalue weighted by atomic mass is 16.5. The van der Waals surface area contributed by atoms with Gasteiger partial charge in [-0.15, -0.1) is 0 Å². The number of H-pyrrole nitrogens is 1. The van der Waals surface area contributed by atoms with Gasteiger partial charge in [0.25, 0.3) is 17.4 Å². The van der Waals surface area contributed by atoms with Crippen molar-refractivity contribution in [3.05, 3.63) is 106 Å². The Bertz CT molecular complexity index is 1540. The topological polar surface area (TPSA) is 105 Å². The van der Waals surface area contributed by atoms with Crippen molar-refractivity contribution in [2.75, 3.05) is 10.6 Å². The molecule has 0 saturated carbocycles. The van der Waals surface area contributed by atoms with Gasteiger partial charge in [0.2, 0.25) is 0 Å². The van der Waals surface area contributed by atoms with Crippen molar-refractivity contribution < 1.29 is 14.3 Å². The Hall–Kier alpha value is -4.59. The summed E-state index contributed by atoms with van der Waals surface area (Å²) < 4.78 is 7.53. The maximum Gasteiger partial charge on any atom is 0.273 e. The van der Waals surface area contributed by atoms with E-state index in [0.717, 1.165) is 25.7 Å². The molecule has 2 amide bonds. The fraction of sp³-hybridized carbons (Fsp3) is 0.324. The van der Waals surface area contributed by atoms with Gasteiger partial charge in [0.1, 0.15) is 11.6 Å². The van der Waals surface area contributed by atoms with Crippen molar-refractivity contribution in [3.8, 4) is 11.4 Å². The van der Waals surface area contributed by atoms with E-state index < -0.39 is 12.0 Å². The number of benzene rings is 3. The van der Waals surface area contributed by atoms with E-state index in [1.165, 1.54) is 16.3 Å². The molecule has 3 N–H and O–H groups in total. The minimum atomic E-state index is -0.679. The predicted octanol–water partition coefficient (Wildman–Crippen LogP) is 7.07. The number of aromatic nitrogens is 2. The number of nitrogens with zero attached hydrogens (tertiary/aromatic N) is 1. The molecule has 4 aromatic rings. The molecule has 1 heterocycles. The normalized spacial score (nSPS) is 12.0. The number of ether oxygens (including phenoxy) is 1. The number of amides is 2. The van der Waals surface area contributed by atoms with E-state index in [1.807, 2.05) is 30.3 Å². The van der Waals surface area contributed by atoms with Gasteiger partial charge in [-0.3, -0.25) is 19.5 Å². The molecule has 1 atom stereocenters. The van der Waals surface area contributed by atoms with Crippen LogP contribution in [0.15, 0.2) is 89.7 Å². The van der Waals surface area contributed by atoms with Gasteiger partial charge in [-0.2, -0.15) is 0 Å². The molecule has 0 fully saturated rings. The molecule has 0 saturated heterocycles. The van der Waals surface area contributed by atoms with Gasteiger partial charge >= 0.3 is 0 Å². The molecule has 3 aromatic carbocycles. The van der Waals surface area contributed by atoms with Gasteiger partial charge in [0, 0.05) is 17.3 Å². The zero-order chi connectivity index (χ0) is 30.1. The van der Waals surface area contributed by atoms with Crippen LogP contribution in [0.4, 0.5) is 11.5 Å². The third-order valence-electron chi connectivity index (χ3n) is 7.54. The van der Waals surface area contributed by atoms with E-state index in [9.17, 15) is 14.4 Å².